The van der Waals surface area contributed by atoms with E-state index >= 15 is 0 Å². The molecular weight excluding hydrogens is 364 g/mol. The minimum atomic E-state index is -3.52. The lowest BCUT2D eigenvalue weighted by Crippen LogP contribution is -2.32. The fourth-order valence-electron chi connectivity index (χ4n) is 2.87. The van der Waals surface area contributed by atoms with Crippen molar-refractivity contribution in [3.8, 4) is 0 Å². The number of guanidine groups is 1. The van der Waals surface area contributed by atoms with Crippen molar-refractivity contribution in [1.29, 1.82) is 0 Å². The summed E-state index contributed by atoms with van der Waals surface area (Å²) in [4.78, 5) is 4.54. The normalized spacial score (nSPS) is 18.0. The number of sulfonamides is 1. The first kappa shape index (κ1) is 21.7. The Morgan fingerprint density at radius 2 is 2.04 bits per heavy atom. The summed E-state index contributed by atoms with van der Waals surface area (Å²) in [6.07, 6.45) is 6.57. The van der Waals surface area contributed by atoms with E-state index in [-0.39, 0.29) is 11.0 Å². The number of unbranched alkanes of at least 4 members (excludes halogenated alkanes) is 3. The fourth-order valence-corrected chi connectivity index (χ4v) is 3.93. The third-order valence-corrected chi connectivity index (χ3v) is 5.97. The lowest BCUT2D eigenvalue weighted by molar-refractivity contribution is 0.114. The number of nitrogens with two attached hydrogens (primary N) is 1. The van der Waals surface area contributed by atoms with Gasteiger partial charge in [0.1, 0.15) is 0 Å². The lowest BCUT2D eigenvalue weighted by Gasteiger charge is -2.11. The predicted molar refractivity (Wildman–Crippen MR) is 108 cm³/mol. The third kappa shape index (κ3) is 7.86. The van der Waals surface area contributed by atoms with Crippen molar-refractivity contribution in [2.75, 3.05) is 19.7 Å². The highest BCUT2D eigenvalue weighted by Crippen LogP contribution is 2.14. The van der Waals surface area contributed by atoms with E-state index in [0.717, 1.165) is 31.4 Å². The van der Waals surface area contributed by atoms with Crippen LogP contribution >= 0.6 is 0 Å². The summed E-state index contributed by atoms with van der Waals surface area (Å²) in [5.41, 5.74) is 6.76. The largest absolute Gasteiger partial charge is 0.377 e. The zero-order valence-electron chi connectivity index (χ0n) is 16.1. The maximum Gasteiger partial charge on any atom is 0.240 e. The topological polar surface area (TPSA) is 106 Å². The van der Waals surface area contributed by atoms with Gasteiger partial charge in [-0.2, -0.15) is 0 Å². The number of aliphatic imine (C=N–C) groups is 1. The summed E-state index contributed by atoms with van der Waals surface area (Å²) in [5, 5.41) is 3.10. The first-order chi connectivity index (χ1) is 13.0. The predicted octanol–water partition coefficient (Wildman–Crippen LogP) is 2.13. The van der Waals surface area contributed by atoms with Crippen LogP contribution in [0.5, 0.6) is 0 Å². The number of rotatable bonds is 11. The van der Waals surface area contributed by atoms with Gasteiger partial charge in [-0.25, -0.2) is 18.1 Å². The van der Waals surface area contributed by atoms with E-state index in [9.17, 15) is 8.42 Å². The molecule has 1 saturated heterocycles. The van der Waals surface area contributed by atoms with Crippen LogP contribution in [0.25, 0.3) is 0 Å². The molecule has 0 amide bonds. The Kier molecular flexibility index (Phi) is 9.03. The Hall–Kier alpha value is -1.64. The minimum absolute atomic E-state index is 0.0224. The Labute approximate surface area is 162 Å². The first-order valence-electron chi connectivity index (χ1n) is 9.75. The van der Waals surface area contributed by atoms with Crippen LogP contribution in [0.15, 0.2) is 34.2 Å². The van der Waals surface area contributed by atoms with Gasteiger partial charge < -0.3 is 15.8 Å². The molecule has 152 valence electrons. The fraction of sp³-hybridized carbons (Fsp3) is 0.632. The molecule has 1 aromatic rings. The van der Waals surface area contributed by atoms with Gasteiger partial charge >= 0.3 is 0 Å². The molecular formula is C19H32N4O3S. The summed E-state index contributed by atoms with van der Waals surface area (Å²) >= 11 is 0. The third-order valence-electron chi connectivity index (χ3n) is 4.53. The van der Waals surface area contributed by atoms with E-state index in [4.69, 9.17) is 10.5 Å². The van der Waals surface area contributed by atoms with Crippen LogP contribution in [0.3, 0.4) is 0 Å². The molecule has 1 atom stereocenters. The van der Waals surface area contributed by atoms with Crippen molar-refractivity contribution in [3.63, 3.8) is 0 Å². The number of hydrogen-bond acceptors (Lipinski definition) is 4. The molecule has 1 aromatic carbocycles. The quantitative estimate of drug-likeness (QED) is 0.302. The van der Waals surface area contributed by atoms with Gasteiger partial charge in [-0.1, -0.05) is 38.3 Å². The molecule has 27 heavy (non-hydrogen) atoms. The van der Waals surface area contributed by atoms with Crippen LogP contribution in [0.1, 0.15) is 51.0 Å². The van der Waals surface area contributed by atoms with E-state index in [1.165, 1.54) is 19.3 Å². The van der Waals surface area contributed by atoms with E-state index in [2.05, 4.69) is 22.0 Å². The molecule has 0 aliphatic carbocycles. The molecule has 0 radical (unpaired) electrons. The Morgan fingerprint density at radius 1 is 1.26 bits per heavy atom. The second kappa shape index (κ2) is 11.3. The zero-order valence-corrected chi connectivity index (χ0v) is 16.9. The summed E-state index contributed by atoms with van der Waals surface area (Å²) in [5.74, 6) is 0.418. The van der Waals surface area contributed by atoms with Crippen LogP contribution in [0.2, 0.25) is 0 Å². The van der Waals surface area contributed by atoms with Gasteiger partial charge in [-0.3, -0.25) is 0 Å². The molecule has 1 heterocycles. The van der Waals surface area contributed by atoms with Gasteiger partial charge in [0.25, 0.3) is 0 Å². The monoisotopic (exact) mass is 396 g/mol. The second-order valence-corrected chi connectivity index (χ2v) is 8.59. The number of benzene rings is 1. The minimum Gasteiger partial charge on any atom is -0.377 e. The molecule has 0 spiro atoms. The van der Waals surface area contributed by atoms with Gasteiger partial charge in [0, 0.05) is 19.7 Å². The van der Waals surface area contributed by atoms with Crippen molar-refractivity contribution in [1.82, 2.24) is 10.0 Å². The van der Waals surface area contributed by atoms with E-state index in [1.807, 2.05) is 0 Å². The van der Waals surface area contributed by atoms with Gasteiger partial charge in [-0.15, -0.1) is 0 Å². The maximum absolute atomic E-state index is 12.3. The maximum atomic E-state index is 12.3. The van der Waals surface area contributed by atoms with Gasteiger partial charge in [0.05, 0.1) is 17.5 Å². The van der Waals surface area contributed by atoms with Crippen LogP contribution < -0.4 is 15.8 Å². The molecule has 1 fully saturated rings. The summed E-state index contributed by atoms with van der Waals surface area (Å²) in [7, 11) is -3.52. The molecule has 4 N–H and O–H groups in total. The Bertz CT molecular complexity index is 683. The highest BCUT2D eigenvalue weighted by molar-refractivity contribution is 7.89. The summed E-state index contributed by atoms with van der Waals surface area (Å²) in [6, 6.07) is 6.71. The van der Waals surface area contributed by atoms with Gasteiger partial charge in [-0.05, 0) is 37.0 Å². The summed E-state index contributed by atoms with van der Waals surface area (Å²) < 4.78 is 32.7. The molecule has 1 aliphatic rings. The molecule has 2 rings (SSSR count). The van der Waals surface area contributed by atoms with Crippen molar-refractivity contribution in [2.24, 2.45) is 10.7 Å². The zero-order chi connectivity index (χ0) is 19.5. The highest BCUT2D eigenvalue weighted by Gasteiger charge is 2.20. The van der Waals surface area contributed by atoms with Gasteiger partial charge in [0.2, 0.25) is 10.0 Å². The van der Waals surface area contributed by atoms with Crippen LogP contribution in [-0.2, 0) is 21.3 Å². The summed E-state index contributed by atoms with van der Waals surface area (Å²) in [6.45, 7) is 4.44. The SMILES string of the molecule is CCCCCCNC(N)=NCc1ccc(S(=O)(=O)NCC2CCCO2)cc1. The Morgan fingerprint density at radius 3 is 2.70 bits per heavy atom. The highest BCUT2D eigenvalue weighted by atomic mass is 32.2. The second-order valence-electron chi connectivity index (χ2n) is 6.82. The first-order valence-corrected chi connectivity index (χ1v) is 11.2. The molecule has 7 nitrogen and oxygen atoms in total. The van der Waals surface area contributed by atoms with E-state index < -0.39 is 10.0 Å². The molecule has 0 saturated carbocycles. The smallest absolute Gasteiger partial charge is 0.240 e. The van der Waals surface area contributed by atoms with Crippen molar-refractivity contribution >= 4 is 16.0 Å². The average Bonchev–Trinajstić information content (AvgIpc) is 3.19. The number of ether oxygens (including phenoxy) is 1. The lowest BCUT2D eigenvalue weighted by atomic mass is 10.2. The van der Waals surface area contributed by atoms with Gasteiger partial charge in [0.15, 0.2) is 5.96 Å². The standard InChI is InChI=1S/C19H32N4O3S/c1-2-3-4-5-12-21-19(20)22-14-16-8-10-18(11-9-16)27(24,25)23-15-17-7-6-13-26-17/h8-11,17,23H,2-7,12-15H2,1H3,(H3,20,21,22). The van der Waals surface area contributed by atoms with Crippen molar-refractivity contribution in [2.45, 2.75) is 63.0 Å². The van der Waals surface area contributed by atoms with Crippen LogP contribution in [-0.4, -0.2) is 40.2 Å². The number of hydrogen-bond donors (Lipinski definition) is 3. The van der Waals surface area contributed by atoms with Crippen molar-refractivity contribution in [3.05, 3.63) is 29.8 Å². The van der Waals surface area contributed by atoms with Crippen LogP contribution in [0, 0.1) is 0 Å². The molecule has 8 heteroatoms. The van der Waals surface area contributed by atoms with Crippen molar-refractivity contribution < 1.29 is 13.2 Å². The molecule has 1 unspecified atom stereocenters. The van der Waals surface area contributed by atoms with E-state index in [1.54, 1.807) is 24.3 Å². The number of nitrogens with one attached hydrogen (secondary N) is 2. The van der Waals surface area contributed by atoms with Crippen LogP contribution in [0.4, 0.5) is 0 Å². The number of nitrogens with zero attached hydrogens (tertiary/aromatic N) is 1. The van der Waals surface area contributed by atoms with E-state index in [0.29, 0.717) is 25.7 Å². The molecule has 0 aromatic heterocycles. The molecule has 0 bridgehead atoms. The molecule has 1 aliphatic heterocycles. The Balaban J connectivity index is 1.78. The average molecular weight is 397 g/mol.